The zero-order valence-corrected chi connectivity index (χ0v) is 23.3. The fourth-order valence-corrected chi connectivity index (χ4v) is 6.19. The summed E-state index contributed by atoms with van der Waals surface area (Å²) in [7, 11) is 0. The number of anilines is 1. The van der Waals surface area contributed by atoms with Crippen LogP contribution in [0.2, 0.25) is 0 Å². The topological polar surface area (TPSA) is 95.1 Å². The number of amides is 1. The Morgan fingerprint density at radius 1 is 1.00 bits per heavy atom. The molecule has 4 aromatic rings. The third-order valence-electron chi connectivity index (χ3n) is 8.41. The van der Waals surface area contributed by atoms with Crippen LogP contribution in [0.15, 0.2) is 60.9 Å². The number of ketones is 1. The quantitative estimate of drug-likeness (QED) is 0.339. The number of carbonyl (C=O) groups excluding carboxylic acids is 2. The van der Waals surface area contributed by atoms with Gasteiger partial charge in [-0.15, -0.1) is 0 Å². The van der Waals surface area contributed by atoms with Crippen LogP contribution >= 0.6 is 0 Å². The van der Waals surface area contributed by atoms with Crippen LogP contribution in [-0.4, -0.2) is 56.5 Å². The molecule has 212 valence electrons. The third-order valence-corrected chi connectivity index (χ3v) is 8.41. The number of halogens is 2. The van der Waals surface area contributed by atoms with E-state index in [0.717, 1.165) is 5.69 Å². The number of likely N-dealkylation sites (tertiary alicyclic amines) is 1. The van der Waals surface area contributed by atoms with Gasteiger partial charge in [0.1, 0.15) is 23.2 Å². The van der Waals surface area contributed by atoms with Crippen molar-refractivity contribution < 1.29 is 18.4 Å². The standard InChI is InChI=1S/C32H28F2N6O2/c1-20-14-25(15-21(2)30(20)34)39-11-7-29(41)32(39)8-12-38(13-9-32)31(42)27-17-28(22-4-3-10-36-19-22)40(37-27)24-5-6-26(33)23(16-24)18-35/h3-6,10,14-17,19H,7-9,11-13H2,1-2H3. The number of nitriles is 1. The van der Waals surface area contributed by atoms with E-state index >= 15 is 0 Å². The van der Waals surface area contributed by atoms with Crippen molar-refractivity contribution in [3.8, 4) is 23.0 Å². The van der Waals surface area contributed by atoms with Gasteiger partial charge in [0.05, 0.1) is 16.9 Å². The van der Waals surface area contributed by atoms with Gasteiger partial charge in [0.2, 0.25) is 0 Å². The maximum Gasteiger partial charge on any atom is 0.274 e. The third kappa shape index (κ3) is 4.51. The van der Waals surface area contributed by atoms with Crippen LogP contribution in [0.1, 0.15) is 46.4 Å². The highest BCUT2D eigenvalue weighted by molar-refractivity contribution is 5.97. The number of hydrogen-bond donors (Lipinski definition) is 0. The van der Waals surface area contributed by atoms with Crippen molar-refractivity contribution in [3.05, 3.63) is 94.9 Å². The van der Waals surface area contributed by atoms with E-state index in [1.807, 2.05) is 12.1 Å². The van der Waals surface area contributed by atoms with Gasteiger partial charge in [-0.2, -0.15) is 10.4 Å². The first-order valence-electron chi connectivity index (χ1n) is 13.8. The Balaban J connectivity index is 1.29. The second kappa shape index (κ2) is 10.5. The molecule has 2 aliphatic rings. The highest BCUT2D eigenvalue weighted by atomic mass is 19.1. The monoisotopic (exact) mass is 566 g/mol. The number of piperidine rings is 1. The molecular weight excluding hydrogens is 538 g/mol. The molecule has 2 aromatic heterocycles. The summed E-state index contributed by atoms with van der Waals surface area (Å²) in [5.74, 6) is -1.03. The number of carbonyl (C=O) groups is 2. The molecule has 42 heavy (non-hydrogen) atoms. The molecule has 8 nitrogen and oxygen atoms in total. The first-order valence-corrected chi connectivity index (χ1v) is 13.8. The zero-order chi connectivity index (χ0) is 29.6. The lowest BCUT2D eigenvalue weighted by atomic mass is 9.83. The van der Waals surface area contributed by atoms with Crippen molar-refractivity contribution >= 4 is 17.4 Å². The second-order valence-corrected chi connectivity index (χ2v) is 10.9. The second-order valence-electron chi connectivity index (χ2n) is 10.9. The van der Waals surface area contributed by atoms with E-state index in [1.54, 1.807) is 55.4 Å². The molecule has 2 saturated heterocycles. The predicted octanol–water partition coefficient (Wildman–Crippen LogP) is 5.16. The molecule has 2 fully saturated rings. The molecule has 2 aliphatic heterocycles. The van der Waals surface area contributed by atoms with Gasteiger partial charge in [-0.05, 0) is 86.3 Å². The maximum atomic E-state index is 14.3. The Hall–Kier alpha value is -4.91. The number of nitrogens with zero attached hydrogens (tertiary/aromatic N) is 6. The number of Topliss-reactive ketones (excluding diaryl/α,β-unsaturated/α-hetero) is 1. The van der Waals surface area contributed by atoms with Crippen molar-refractivity contribution in [1.29, 1.82) is 5.26 Å². The number of aromatic nitrogens is 3. The predicted molar refractivity (Wildman–Crippen MR) is 152 cm³/mol. The molecule has 1 amide bonds. The lowest BCUT2D eigenvalue weighted by Crippen LogP contribution is -2.57. The highest BCUT2D eigenvalue weighted by Gasteiger charge is 2.50. The number of pyridine rings is 1. The van der Waals surface area contributed by atoms with E-state index in [9.17, 15) is 23.6 Å². The number of benzene rings is 2. The highest BCUT2D eigenvalue weighted by Crippen LogP contribution is 2.40. The molecule has 4 heterocycles. The van der Waals surface area contributed by atoms with Crippen molar-refractivity contribution in [2.24, 2.45) is 0 Å². The minimum Gasteiger partial charge on any atom is -0.358 e. The van der Waals surface area contributed by atoms with Gasteiger partial charge in [0, 0.05) is 49.7 Å². The fourth-order valence-electron chi connectivity index (χ4n) is 6.19. The largest absolute Gasteiger partial charge is 0.358 e. The molecule has 6 rings (SSSR count). The molecule has 2 aromatic carbocycles. The minimum atomic E-state index is -0.741. The van der Waals surface area contributed by atoms with Crippen LogP contribution in [0, 0.1) is 36.8 Å². The SMILES string of the molecule is Cc1cc(N2CCC(=O)C23CCN(C(=O)c2cc(-c4cccnc4)n(-c4ccc(F)c(C#N)c4)n2)CC3)cc(C)c1F. The van der Waals surface area contributed by atoms with Gasteiger partial charge in [0.15, 0.2) is 11.5 Å². The Morgan fingerprint density at radius 2 is 1.74 bits per heavy atom. The lowest BCUT2D eigenvalue weighted by molar-refractivity contribution is -0.123. The molecule has 0 aliphatic carbocycles. The van der Waals surface area contributed by atoms with Crippen LogP contribution < -0.4 is 4.90 Å². The summed E-state index contributed by atoms with van der Waals surface area (Å²) in [6, 6.07) is 14.8. The summed E-state index contributed by atoms with van der Waals surface area (Å²) in [6.07, 6.45) is 4.58. The molecule has 0 unspecified atom stereocenters. The van der Waals surface area contributed by atoms with Crippen molar-refractivity contribution in [2.75, 3.05) is 24.5 Å². The molecule has 0 N–H and O–H groups in total. The Bertz CT molecular complexity index is 1730. The summed E-state index contributed by atoms with van der Waals surface area (Å²) in [5, 5.41) is 13.9. The van der Waals surface area contributed by atoms with Crippen LogP contribution in [0.4, 0.5) is 14.5 Å². The van der Waals surface area contributed by atoms with Crippen molar-refractivity contribution in [2.45, 2.75) is 38.6 Å². The molecule has 1 spiro atoms. The Morgan fingerprint density at radius 3 is 2.40 bits per heavy atom. The van der Waals surface area contributed by atoms with E-state index < -0.39 is 11.4 Å². The minimum absolute atomic E-state index is 0.133. The van der Waals surface area contributed by atoms with Crippen LogP contribution in [0.25, 0.3) is 16.9 Å². The van der Waals surface area contributed by atoms with Gasteiger partial charge < -0.3 is 9.80 Å². The van der Waals surface area contributed by atoms with E-state index in [0.29, 0.717) is 67.0 Å². The average Bonchev–Trinajstić information content (AvgIpc) is 3.58. The average molecular weight is 567 g/mol. The molecule has 0 atom stereocenters. The summed E-state index contributed by atoms with van der Waals surface area (Å²) in [4.78, 5) is 35.0. The van der Waals surface area contributed by atoms with Crippen LogP contribution in [-0.2, 0) is 4.79 Å². The summed E-state index contributed by atoms with van der Waals surface area (Å²) in [6.45, 7) is 4.71. The first kappa shape index (κ1) is 27.3. The lowest BCUT2D eigenvalue weighted by Gasteiger charge is -2.44. The van der Waals surface area contributed by atoms with E-state index in [2.05, 4.69) is 15.0 Å². The molecule has 0 saturated carbocycles. The normalized spacial score (nSPS) is 16.2. The summed E-state index contributed by atoms with van der Waals surface area (Å²) < 4.78 is 29.9. The Kier molecular flexibility index (Phi) is 6.81. The molecule has 0 radical (unpaired) electrons. The molecule has 10 heteroatoms. The van der Waals surface area contributed by atoms with E-state index in [1.165, 1.54) is 22.9 Å². The van der Waals surface area contributed by atoms with E-state index in [-0.39, 0.29) is 28.8 Å². The van der Waals surface area contributed by atoms with Crippen LogP contribution in [0.3, 0.4) is 0 Å². The van der Waals surface area contributed by atoms with Gasteiger partial charge in [-0.1, -0.05) is 0 Å². The van der Waals surface area contributed by atoms with Crippen molar-refractivity contribution in [3.63, 3.8) is 0 Å². The van der Waals surface area contributed by atoms with Crippen molar-refractivity contribution in [1.82, 2.24) is 19.7 Å². The fraction of sp³-hybridized carbons (Fsp3) is 0.281. The van der Waals surface area contributed by atoms with Gasteiger partial charge in [-0.25, -0.2) is 13.5 Å². The number of hydrogen-bond acceptors (Lipinski definition) is 6. The summed E-state index contributed by atoms with van der Waals surface area (Å²) >= 11 is 0. The van der Waals surface area contributed by atoms with Gasteiger partial charge in [0.25, 0.3) is 5.91 Å². The van der Waals surface area contributed by atoms with Gasteiger partial charge in [-0.3, -0.25) is 14.6 Å². The van der Waals surface area contributed by atoms with Gasteiger partial charge >= 0.3 is 0 Å². The zero-order valence-electron chi connectivity index (χ0n) is 23.3. The van der Waals surface area contributed by atoms with E-state index in [4.69, 9.17) is 0 Å². The van der Waals surface area contributed by atoms with Crippen LogP contribution in [0.5, 0.6) is 0 Å². The smallest absolute Gasteiger partial charge is 0.274 e. The summed E-state index contributed by atoms with van der Waals surface area (Å²) in [5.41, 5.74) is 2.91. The maximum absolute atomic E-state index is 14.3. The Labute approximate surface area is 241 Å². The molecular formula is C32H28F2N6O2. The number of aryl methyl sites for hydroxylation is 2. The first-order chi connectivity index (χ1) is 20.2. The number of rotatable bonds is 4. The molecule has 0 bridgehead atoms.